The lowest BCUT2D eigenvalue weighted by atomic mass is 10.1. The third-order valence-electron chi connectivity index (χ3n) is 3.56. The van der Waals surface area contributed by atoms with Gasteiger partial charge in [-0.25, -0.2) is 0 Å². The van der Waals surface area contributed by atoms with Gasteiger partial charge in [0.1, 0.15) is 0 Å². The zero-order valence-corrected chi connectivity index (χ0v) is 11.8. The summed E-state index contributed by atoms with van der Waals surface area (Å²) in [7, 11) is 0. The first-order valence-corrected chi connectivity index (χ1v) is 6.87. The summed E-state index contributed by atoms with van der Waals surface area (Å²) >= 11 is 0. The number of hydrogen-bond acceptors (Lipinski definition) is 3. The van der Waals surface area contributed by atoms with Crippen molar-refractivity contribution in [1.29, 1.82) is 0 Å². The minimum atomic E-state index is -0.806. The van der Waals surface area contributed by atoms with E-state index in [0.29, 0.717) is 30.5 Å². The summed E-state index contributed by atoms with van der Waals surface area (Å²) in [5.74, 6) is -1.63. The highest BCUT2D eigenvalue weighted by Crippen LogP contribution is 2.26. The molecule has 0 bridgehead atoms. The number of carbonyl (C=O) groups is 3. The molecule has 2 rings (SSSR count). The van der Waals surface area contributed by atoms with Crippen molar-refractivity contribution in [3.63, 3.8) is 0 Å². The van der Waals surface area contributed by atoms with Crippen LogP contribution >= 0.6 is 0 Å². The molecule has 1 aliphatic rings. The molecule has 2 amide bonds. The molecule has 2 atom stereocenters. The van der Waals surface area contributed by atoms with Gasteiger partial charge in [-0.2, -0.15) is 0 Å². The Labute approximate surface area is 122 Å². The van der Waals surface area contributed by atoms with Crippen LogP contribution in [0.5, 0.6) is 0 Å². The molecule has 0 radical (unpaired) electrons. The van der Waals surface area contributed by atoms with Gasteiger partial charge < -0.3 is 15.7 Å². The van der Waals surface area contributed by atoms with Crippen molar-refractivity contribution in [1.82, 2.24) is 5.32 Å². The summed E-state index contributed by atoms with van der Waals surface area (Å²) in [5, 5.41) is 14.4. The Morgan fingerprint density at radius 2 is 2.00 bits per heavy atom. The van der Waals surface area contributed by atoms with E-state index in [1.807, 2.05) is 0 Å². The van der Waals surface area contributed by atoms with Gasteiger partial charge in [0, 0.05) is 24.2 Å². The number of hydrogen-bond donors (Lipinski definition) is 3. The fraction of sp³-hybridized carbons (Fsp3) is 0.400. The average molecular weight is 290 g/mol. The lowest BCUT2D eigenvalue weighted by molar-refractivity contribution is -0.141. The molecular formula is C15H18N2O4. The van der Waals surface area contributed by atoms with Gasteiger partial charge in [-0.1, -0.05) is 6.07 Å². The normalized spacial score (nSPS) is 20.8. The van der Waals surface area contributed by atoms with Crippen LogP contribution in [0.1, 0.15) is 36.5 Å². The molecule has 1 fully saturated rings. The second kappa shape index (κ2) is 6.39. The van der Waals surface area contributed by atoms with Crippen LogP contribution in [-0.4, -0.2) is 28.9 Å². The number of nitrogens with one attached hydrogen (secondary N) is 2. The van der Waals surface area contributed by atoms with Crippen LogP contribution in [0.4, 0.5) is 5.69 Å². The van der Waals surface area contributed by atoms with E-state index in [9.17, 15) is 14.4 Å². The third-order valence-corrected chi connectivity index (χ3v) is 3.56. The number of amides is 2. The maximum atomic E-state index is 12.1. The molecule has 0 aliphatic heterocycles. The predicted molar refractivity (Wildman–Crippen MR) is 77.0 cm³/mol. The Balaban J connectivity index is 1.97. The first-order chi connectivity index (χ1) is 9.95. The van der Waals surface area contributed by atoms with Crippen molar-refractivity contribution in [3.8, 4) is 0 Å². The number of anilines is 1. The molecule has 6 heteroatoms. The quantitative estimate of drug-likeness (QED) is 0.785. The molecule has 21 heavy (non-hydrogen) atoms. The number of carboxylic acid groups (broad SMARTS) is 1. The standard InChI is InChI=1S/C15H18N2O4/c1-9(18)16-12-4-2-3-10(7-12)14(19)17-13-6-5-11(8-13)15(20)21/h2-4,7,11,13H,5-6,8H2,1H3,(H,16,18)(H,17,19)(H,20,21). The van der Waals surface area contributed by atoms with Crippen molar-refractivity contribution < 1.29 is 19.5 Å². The van der Waals surface area contributed by atoms with Crippen molar-refractivity contribution in [2.75, 3.05) is 5.32 Å². The molecule has 1 aromatic carbocycles. The van der Waals surface area contributed by atoms with Crippen molar-refractivity contribution in [2.45, 2.75) is 32.2 Å². The lowest BCUT2D eigenvalue weighted by Gasteiger charge is -2.13. The Morgan fingerprint density at radius 1 is 1.24 bits per heavy atom. The molecule has 3 N–H and O–H groups in total. The molecule has 2 unspecified atom stereocenters. The molecule has 112 valence electrons. The van der Waals surface area contributed by atoms with E-state index in [1.165, 1.54) is 6.92 Å². The summed E-state index contributed by atoms with van der Waals surface area (Å²) in [6.07, 6.45) is 1.73. The Hall–Kier alpha value is -2.37. The first kappa shape index (κ1) is 15.0. The zero-order chi connectivity index (χ0) is 15.4. The second-order valence-electron chi connectivity index (χ2n) is 5.28. The van der Waals surface area contributed by atoms with Crippen LogP contribution in [0.3, 0.4) is 0 Å². The number of aliphatic carboxylic acids is 1. The smallest absolute Gasteiger partial charge is 0.306 e. The Bertz CT molecular complexity index is 571. The minimum absolute atomic E-state index is 0.108. The zero-order valence-electron chi connectivity index (χ0n) is 11.8. The van der Waals surface area contributed by atoms with Crippen LogP contribution in [0.25, 0.3) is 0 Å². The number of rotatable bonds is 4. The summed E-state index contributed by atoms with van der Waals surface area (Å²) in [4.78, 5) is 34.0. The Morgan fingerprint density at radius 3 is 2.62 bits per heavy atom. The lowest BCUT2D eigenvalue weighted by Crippen LogP contribution is -2.33. The highest BCUT2D eigenvalue weighted by atomic mass is 16.4. The van der Waals surface area contributed by atoms with Crippen LogP contribution in [-0.2, 0) is 9.59 Å². The predicted octanol–water partition coefficient (Wildman–Crippen LogP) is 1.63. The summed E-state index contributed by atoms with van der Waals surface area (Å²) in [5.41, 5.74) is 1.00. The van der Waals surface area contributed by atoms with Crippen LogP contribution in [0.15, 0.2) is 24.3 Å². The highest BCUT2D eigenvalue weighted by molar-refractivity contribution is 5.97. The van der Waals surface area contributed by atoms with Gasteiger partial charge in [-0.15, -0.1) is 0 Å². The third kappa shape index (κ3) is 4.05. The second-order valence-corrected chi connectivity index (χ2v) is 5.28. The SMILES string of the molecule is CC(=O)Nc1cccc(C(=O)NC2CCC(C(=O)O)C2)c1. The monoisotopic (exact) mass is 290 g/mol. The molecular weight excluding hydrogens is 272 g/mol. The highest BCUT2D eigenvalue weighted by Gasteiger charge is 2.30. The van der Waals surface area contributed by atoms with E-state index in [-0.39, 0.29) is 23.8 Å². The van der Waals surface area contributed by atoms with Crippen molar-refractivity contribution in [3.05, 3.63) is 29.8 Å². The average Bonchev–Trinajstić information content (AvgIpc) is 2.87. The van der Waals surface area contributed by atoms with E-state index in [2.05, 4.69) is 10.6 Å². The molecule has 1 saturated carbocycles. The number of carbonyl (C=O) groups excluding carboxylic acids is 2. The fourth-order valence-electron chi connectivity index (χ4n) is 2.55. The molecule has 1 aliphatic carbocycles. The summed E-state index contributed by atoms with van der Waals surface area (Å²) in [6.45, 7) is 1.40. The van der Waals surface area contributed by atoms with Gasteiger partial charge in [0.2, 0.25) is 5.91 Å². The summed E-state index contributed by atoms with van der Waals surface area (Å²) < 4.78 is 0. The first-order valence-electron chi connectivity index (χ1n) is 6.87. The summed E-state index contributed by atoms with van der Waals surface area (Å²) in [6, 6.07) is 6.54. The maximum absolute atomic E-state index is 12.1. The maximum Gasteiger partial charge on any atom is 0.306 e. The van der Waals surface area contributed by atoms with E-state index in [4.69, 9.17) is 5.11 Å². The van der Waals surface area contributed by atoms with E-state index < -0.39 is 5.97 Å². The van der Waals surface area contributed by atoms with E-state index >= 15 is 0 Å². The number of benzene rings is 1. The van der Waals surface area contributed by atoms with Gasteiger partial charge in [-0.3, -0.25) is 14.4 Å². The van der Waals surface area contributed by atoms with Crippen LogP contribution < -0.4 is 10.6 Å². The van der Waals surface area contributed by atoms with Gasteiger partial charge in [0.05, 0.1) is 5.92 Å². The molecule has 0 saturated heterocycles. The van der Waals surface area contributed by atoms with Gasteiger partial charge in [-0.05, 0) is 37.5 Å². The largest absolute Gasteiger partial charge is 0.481 e. The van der Waals surface area contributed by atoms with E-state index in [0.717, 1.165) is 0 Å². The van der Waals surface area contributed by atoms with E-state index in [1.54, 1.807) is 24.3 Å². The van der Waals surface area contributed by atoms with Crippen LogP contribution in [0.2, 0.25) is 0 Å². The van der Waals surface area contributed by atoms with Crippen molar-refractivity contribution >= 4 is 23.5 Å². The molecule has 0 spiro atoms. The van der Waals surface area contributed by atoms with Crippen molar-refractivity contribution in [2.24, 2.45) is 5.92 Å². The topological polar surface area (TPSA) is 95.5 Å². The minimum Gasteiger partial charge on any atom is -0.481 e. The van der Waals surface area contributed by atoms with Crippen LogP contribution in [0, 0.1) is 5.92 Å². The molecule has 0 heterocycles. The van der Waals surface area contributed by atoms with Gasteiger partial charge >= 0.3 is 5.97 Å². The molecule has 1 aromatic rings. The van der Waals surface area contributed by atoms with Gasteiger partial charge in [0.25, 0.3) is 5.91 Å². The number of carboxylic acids is 1. The molecule has 0 aromatic heterocycles. The Kier molecular flexibility index (Phi) is 4.57. The van der Waals surface area contributed by atoms with Gasteiger partial charge in [0.15, 0.2) is 0 Å². The molecule has 6 nitrogen and oxygen atoms in total. The fourth-order valence-corrected chi connectivity index (χ4v) is 2.55.